The van der Waals surface area contributed by atoms with Gasteiger partial charge in [-0.3, -0.25) is 4.79 Å². The lowest BCUT2D eigenvalue weighted by atomic mass is 10.00. The Hall–Kier alpha value is -2.87. The van der Waals surface area contributed by atoms with Crippen molar-refractivity contribution >= 4 is 6.29 Å². The van der Waals surface area contributed by atoms with Crippen LogP contribution >= 0.6 is 0 Å². The van der Waals surface area contributed by atoms with E-state index in [1.165, 1.54) is 24.0 Å². The standard InChI is InChI=1S/C24H24O2.2C2H6/c1-2-3-4-17-26-24-15-13-23(14-16-24)22-11-9-21(10-12-22)20-7-5-19(18-25)6-8-20;2*1-2/h5-16,18H,2-4,17H2,1H3;2*1-2H3. The fraction of sp³-hybridized carbons (Fsp3) is 0.321. The number of hydrogen-bond donors (Lipinski definition) is 0. The Bertz CT molecular complexity index is 816. The van der Waals surface area contributed by atoms with Crippen molar-refractivity contribution < 1.29 is 9.53 Å². The van der Waals surface area contributed by atoms with Crippen molar-refractivity contribution in [3.8, 4) is 28.0 Å². The molecule has 160 valence electrons. The minimum atomic E-state index is 0.697. The summed E-state index contributed by atoms with van der Waals surface area (Å²) < 4.78 is 5.77. The number of carbonyl (C=O) groups is 1. The fourth-order valence-electron chi connectivity index (χ4n) is 2.89. The van der Waals surface area contributed by atoms with Crippen LogP contribution in [-0.4, -0.2) is 12.9 Å². The molecule has 2 nitrogen and oxygen atoms in total. The van der Waals surface area contributed by atoms with E-state index in [-0.39, 0.29) is 0 Å². The van der Waals surface area contributed by atoms with Gasteiger partial charge in [-0.1, -0.05) is 108 Å². The summed E-state index contributed by atoms with van der Waals surface area (Å²) in [5, 5.41) is 0. The third-order valence-corrected chi connectivity index (χ3v) is 4.47. The van der Waals surface area contributed by atoms with Gasteiger partial charge in [0.05, 0.1) is 6.61 Å². The summed E-state index contributed by atoms with van der Waals surface area (Å²) in [6.07, 6.45) is 4.39. The number of rotatable bonds is 8. The second kappa shape index (κ2) is 15.0. The van der Waals surface area contributed by atoms with Gasteiger partial charge < -0.3 is 4.74 Å². The molecule has 0 amide bonds. The van der Waals surface area contributed by atoms with Crippen LogP contribution in [0, 0.1) is 0 Å². The van der Waals surface area contributed by atoms with Crippen LogP contribution in [0.15, 0.2) is 72.8 Å². The first-order valence-corrected chi connectivity index (χ1v) is 11.2. The summed E-state index contributed by atoms with van der Waals surface area (Å²) in [4.78, 5) is 10.8. The van der Waals surface area contributed by atoms with Crippen LogP contribution in [0.4, 0.5) is 0 Å². The van der Waals surface area contributed by atoms with Gasteiger partial charge in [-0.25, -0.2) is 0 Å². The highest BCUT2D eigenvalue weighted by molar-refractivity contribution is 5.77. The monoisotopic (exact) mass is 404 g/mol. The molecule has 30 heavy (non-hydrogen) atoms. The average Bonchev–Trinajstić information content (AvgIpc) is 2.85. The minimum absolute atomic E-state index is 0.697. The maximum Gasteiger partial charge on any atom is 0.150 e. The molecule has 0 saturated carbocycles. The molecule has 0 aliphatic heterocycles. The predicted octanol–water partition coefficient (Wildman–Crippen LogP) is 8.45. The third-order valence-electron chi connectivity index (χ3n) is 4.47. The minimum Gasteiger partial charge on any atom is -0.494 e. The van der Waals surface area contributed by atoms with Crippen LogP contribution in [0.2, 0.25) is 0 Å². The summed E-state index contributed by atoms with van der Waals surface area (Å²) in [5.74, 6) is 0.928. The molecule has 0 fully saturated rings. The smallest absolute Gasteiger partial charge is 0.150 e. The van der Waals surface area contributed by atoms with Crippen LogP contribution in [0.25, 0.3) is 22.3 Å². The van der Waals surface area contributed by atoms with Crippen molar-refractivity contribution in [3.05, 3.63) is 78.4 Å². The first kappa shape index (κ1) is 25.2. The largest absolute Gasteiger partial charge is 0.494 e. The summed E-state index contributed by atoms with van der Waals surface area (Å²) in [6, 6.07) is 24.4. The number of ether oxygens (including phenoxy) is 1. The van der Waals surface area contributed by atoms with Crippen LogP contribution in [-0.2, 0) is 0 Å². The number of carbonyl (C=O) groups excluding carboxylic acids is 1. The highest BCUT2D eigenvalue weighted by Gasteiger charge is 2.02. The molecule has 3 aromatic carbocycles. The summed E-state index contributed by atoms with van der Waals surface area (Å²) >= 11 is 0. The van der Waals surface area contributed by atoms with Gasteiger partial charge >= 0.3 is 0 Å². The molecule has 0 N–H and O–H groups in total. The molecule has 0 bridgehead atoms. The average molecular weight is 405 g/mol. The summed E-state index contributed by atoms with van der Waals surface area (Å²) in [6.45, 7) is 11.0. The number of unbranched alkanes of at least 4 members (excludes halogenated alkanes) is 2. The Morgan fingerprint density at radius 1 is 0.633 bits per heavy atom. The van der Waals surface area contributed by atoms with Gasteiger partial charge in [0.1, 0.15) is 12.0 Å². The van der Waals surface area contributed by atoms with Gasteiger partial charge in [-0.15, -0.1) is 0 Å². The molecular weight excluding hydrogens is 368 g/mol. The van der Waals surface area contributed by atoms with Crippen molar-refractivity contribution in [2.45, 2.75) is 53.9 Å². The zero-order valence-corrected chi connectivity index (χ0v) is 19.2. The number of aldehydes is 1. The first-order chi connectivity index (χ1) is 14.8. The Balaban J connectivity index is 0.00000106. The molecule has 0 aliphatic carbocycles. The molecule has 0 aliphatic rings. The number of hydrogen-bond acceptors (Lipinski definition) is 2. The van der Waals surface area contributed by atoms with Gasteiger partial charge in [0.25, 0.3) is 0 Å². The highest BCUT2D eigenvalue weighted by atomic mass is 16.5. The Morgan fingerprint density at radius 3 is 1.43 bits per heavy atom. The molecule has 0 unspecified atom stereocenters. The molecule has 0 atom stereocenters. The van der Waals surface area contributed by atoms with Crippen molar-refractivity contribution in [1.29, 1.82) is 0 Å². The van der Waals surface area contributed by atoms with Gasteiger partial charge in [0, 0.05) is 5.56 Å². The molecule has 0 spiro atoms. The maximum atomic E-state index is 10.8. The van der Waals surface area contributed by atoms with Crippen LogP contribution in [0.3, 0.4) is 0 Å². The molecular formula is C28H36O2. The topological polar surface area (TPSA) is 26.3 Å². The van der Waals surface area contributed by atoms with Crippen molar-refractivity contribution in [3.63, 3.8) is 0 Å². The van der Waals surface area contributed by atoms with E-state index in [0.29, 0.717) is 5.56 Å². The molecule has 3 rings (SSSR count). The summed E-state index contributed by atoms with van der Waals surface area (Å²) in [7, 11) is 0. The van der Waals surface area contributed by atoms with E-state index in [4.69, 9.17) is 4.74 Å². The van der Waals surface area contributed by atoms with Crippen molar-refractivity contribution in [2.24, 2.45) is 0 Å². The zero-order chi connectivity index (χ0) is 22.2. The second-order valence-corrected chi connectivity index (χ2v) is 6.40. The Morgan fingerprint density at radius 2 is 1.03 bits per heavy atom. The van der Waals surface area contributed by atoms with Gasteiger partial charge in [-0.2, -0.15) is 0 Å². The molecule has 2 heteroatoms. The summed E-state index contributed by atoms with van der Waals surface area (Å²) in [5.41, 5.74) is 5.30. The quantitative estimate of drug-likeness (QED) is 0.278. The lowest BCUT2D eigenvalue weighted by Gasteiger charge is -2.08. The van der Waals surface area contributed by atoms with Gasteiger partial charge in [0.15, 0.2) is 0 Å². The maximum absolute atomic E-state index is 10.8. The lowest BCUT2D eigenvalue weighted by Crippen LogP contribution is -1.96. The first-order valence-electron chi connectivity index (χ1n) is 11.2. The van der Waals surface area contributed by atoms with Gasteiger partial charge in [0.2, 0.25) is 0 Å². The number of benzene rings is 3. The Kier molecular flexibility index (Phi) is 12.6. The van der Waals surface area contributed by atoms with E-state index in [2.05, 4.69) is 43.3 Å². The highest BCUT2D eigenvalue weighted by Crippen LogP contribution is 2.26. The Labute approximate surface area is 182 Å². The lowest BCUT2D eigenvalue weighted by molar-refractivity contribution is 0.112. The van der Waals surface area contributed by atoms with E-state index in [9.17, 15) is 4.79 Å². The molecule has 0 radical (unpaired) electrons. The van der Waals surface area contributed by atoms with E-state index in [0.717, 1.165) is 36.2 Å². The molecule has 0 saturated heterocycles. The third kappa shape index (κ3) is 7.87. The second-order valence-electron chi connectivity index (χ2n) is 6.40. The van der Waals surface area contributed by atoms with Crippen LogP contribution in [0.1, 0.15) is 64.2 Å². The van der Waals surface area contributed by atoms with Crippen molar-refractivity contribution in [2.75, 3.05) is 6.61 Å². The molecule has 3 aromatic rings. The molecule has 0 aromatic heterocycles. The van der Waals surface area contributed by atoms with Gasteiger partial charge in [-0.05, 0) is 40.8 Å². The van der Waals surface area contributed by atoms with E-state index in [1.807, 2.05) is 64.1 Å². The van der Waals surface area contributed by atoms with Crippen LogP contribution < -0.4 is 4.74 Å². The normalized spacial score (nSPS) is 9.50. The van der Waals surface area contributed by atoms with Crippen LogP contribution in [0.5, 0.6) is 5.75 Å². The SMILES string of the molecule is CC.CC.CCCCCOc1ccc(-c2ccc(-c3ccc(C=O)cc3)cc2)cc1. The predicted molar refractivity (Wildman–Crippen MR) is 130 cm³/mol. The fourth-order valence-corrected chi connectivity index (χ4v) is 2.89. The van der Waals surface area contributed by atoms with Crippen molar-refractivity contribution in [1.82, 2.24) is 0 Å². The zero-order valence-electron chi connectivity index (χ0n) is 19.2. The van der Waals surface area contributed by atoms with E-state index in [1.54, 1.807) is 0 Å². The van der Waals surface area contributed by atoms with E-state index >= 15 is 0 Å². The molecule has 0 heterocycles. The van der Waals surface area contributed by atoms with E-state index < -0.39 is 0 Å².